The number of aromatic nitrogens is 3. The Hall–Kier alpha value is -3.46. The lowest BCUT2D eigenvalue weighted by Gasteiger charge is -2.07. The molecule has 0 aliphatic carbocycles. The number of hydrogen-bond acceptors (Lipinski definition) is 5. The molecule has 6 nitrogen and oxygen atoms in total. The molecule has 2 aromatic carbocycles. The normalized spacial score (nSPS) is 10.6. The Morgan fingerprint density at radius 1 is 1.09 bits per heavy atom. The monoisotopic (exact) mass is 303 g/mol. The molecule has 0 aliphatic rings. The Labute approximate surface area is 133 Å². The van der Waals surface area contributed by atoms with Gasteiger partial charge < -0.3 is 4.74 Å². The van der Waals surface area contributed by atoms with Gasteiger partial charge in [-0.15, -0.1) is 10.2 Å². The molecular formula is C17H13N5O. The third-order valence-corrected chi connectivity index (χ3v) is 3.16. The van der Waals surface area contributed by atoms with Gasteiger partial charge in [-0.25, -0.2) is 4.68 Å². The molecule has 0 atom stereocenters. The van der Waals surface area contributed by atoms with Gasteiger partial charge in [0.05, 0.1) is 17.8 Å². The van der Waals surface area contributed by atoms with E-state index in [9.17, 15) is 0 Å². The van der Waals surface area contributed by atoms with Gasteiger partial charge in [-0.3, -0.25) is 0 Å². The molecule has 1 aromatic heterocycles. The average molecular weight is 303 g/mol. The molecule has 3 rings (SSSR count). The van der Waals surface area contributed by atoms with Crippen LogP contribution in [0.25, 0.3) is 0 Å². The number of nitrogens with zero attached hydrogens (tertiary/aromatic N) is 5. The summed E-state index contributed by atoms with van der Waals surface area (Å²) >= 11 is 0. The molecule has 0 N–H and O–H groups in total. The summed E-state index contributed by atoms with van der Waals surface area (Å²) in [5, 5.41) is 20.6. The summed E-state index contributed by atoms with van der Waals surface area (Å²) in [5.74, 6) is 0.735. The second-order valence-electron chi connectivity index (χ2n) is 4.71. The topological polar surface area (TPSA) is 76.1 Å². The van der Waals surface area contributed by atoms with Gasteiger partial charge in [-0.1, -0.05) is 18.2 Å². The van der Waals surface area contributed by atoms with Gasteiger partial charge in [-0.05, 0) is 35.9 Å². The first-order chi connectivity index (χ1) is 11.3. The molecular weight excluding hydrogens is 290 g/mol. The summed E-state index contributed by atoms with van der Waals surface area (Å²) in [6.07, 6.45) is 4.74. The van der Waals surface area contributed by atoms with Gasteiger partial charge in [-0.2, -0.15) is 10.4 Å². The average Bonchev–Trinajstić information content (AvgIpc) is 3.13. The quantitative estimate of drug-likeness (QED) is 0.679. The van der Waals surface area contributed by atoms with Gasteiger partial charge in [0.1, 0.15) is 25.0 Å². The summed E-state index contributed by atoms with van der Waals surface area (Å²) < 4.78 is 7.24. The van der Waals surface area contributed by atoms with E-state index in [1.165, 1.54) is 17.3 Å². The van der Waals surface area contributed by atoms with E-state index < -0.39 is 0 Å². The molecule has 0 saturated carbocycles. The molecule has 0 radical (unpaired) electrons. The minimum Gasteiger partial charge on any atom is -0.489 e. The molecule has 0 fully saturated rings. The van der Waals surface area contributed by atoms with Crippen LogP contribution in [0.15, 0.2) is 66.3 Å². The molecule has 23 heavy (non-hydrogen) atoms. The van der Waals surface area contributed by atoms with Crippen LogP contribution < -0.4 is 4.74 Å². The van der Waals surface area contributed by atoms with Crippen molar-refractivity contribution in [3.8, 4) is 11.8 Å². The van der Waals surface area contributed by atoms with Crippen LogP contribution in [0.3, 0.4) is 0 Å². The van der Waals surface area contributed by atoms with Gasteiger partial charge in [0.15, 0.2) is 0 Å². The van der Waals surface area contributed by atoms with E-state index in [4.69, 9.17) is 10.00 Å². The van der Waals surface area contributed by atoms with E-state index >= 15 is 0 Å². The summed E-state index contributed by atoms with van der Waals surface area (Å²) in [6.45, 7) is 0.359. The lowest BCUT2D eigenvalue weighted by molar-refractivity contribution is 0.306. The van der Waals surface area contributed by atoms with Crippen molar-refractivity contribution in [1.29, 1.82) is 5.26 Å². The molecule has 1 heterocycles. The first-order valence-corrected chi connectivity index (χ1v) is 6.95. The smallest absolute Gasteiger partial charge is 0.141 e. The SMILES string of the molecule is N#Cc1ccccc1COc1ccc(/C=N\n2cnnc2)cc1. The Kier molecular flexibility index (Phi) is 4.41. The fourth-order valence-electron chi connectivity index (χ4n) is 1.95. The van der Waals surface area contributed by atoms with E-state index in [0.717, 1.165) is 16.9 Å². The zero-order valence-electron chi connectivity index (χ0n) is 12.2. The third-order valence-electron chi connectivity index (χ3n) is 3.16. The maximum atomic E-state index is 9.06. The molecule has 0 unspecified atom stereocenters. The fraction of sp³-hybridized carbons (Fsp3) is 0.0588. The van der Waals surface area contributed by atoms with Crippen LogP contribution >= 0.6 is 0 Å². The van der Waals surface area contributed by atoms with Gasteiger partial charge in [0.2, 0.25) is 0 Å². The van der Waals surface area contributed by atoms with Crippen molar-refractivity contribution in [3.63, 3.8) is 0 Å². The summed E-state index contributed by atoms with van der Waals surface area (Å²) in [7, 11) is 0. The number of rotatable bonds is 5. The van der Waals surface area contributed by atoms with Gasteiger partial charge in [0.25, 0.3) is 0 Å². The standard InChI is InChI=1S/C17H13N5O/c18-9-15-3-1-2-4-16(15)11-23-17-7-5-14(6-8-17)10-21-22-12-19-20-13-22/h1-8,10,12-13H,11H2/b21-10-. The van der Waals surface area contributed by atoms with Crippen molar-refractivity contribution in [3.05, 3.63) is 77.9 Å². The van der Waals surface area contributed by atoms with Crippen LogP contribution in [0, 0.1) is 11.3 Å². The molecule has 6 heteroatoms. The number of benzene rings is 2. The lowest BCUT2D eigenvalue weighted by atomic mass is 10.1. The highest BCUT2D eigenvalue weighted by Crippen LogP contribution is 2.15. The van der Waals surface area contributed by atoms with Crippen molar-refractivity contribution in [2.45, 2.75) is 6.61 Å². The fourth-order valence-corrected chi connectivity index (χ4v) is 1.95. The second kappa shape index (κ2) is 7.00. The number of hydrogen-bond donors (Lipinski definition) is 0. The van der Waals surface area contributed by atoms with Crippen LogP contribution in [0.4, 0.5) is 0 Å². The minimum absolute atomic E-state index is 0.359. The van der Waals surface area contributed by atoms with Crippen LogP contribution in [-0.4, -0.2) is 21.1 Å². The highest BCUT2D eigenvalue weighted by Gasteiger charge is 2.01. The van der Waals surface area contributed by atoms with E-state index in [0.29, 0.717) is 12.2 Å². The van der Waals surface area contributed by atoms with E-state index in [1.54, 1.807) is 12.3 Å². The van der Waals surface area contributed by atoms with Crippen molar-refractivity contribution in [1.82, 2.24) is 14.9 Å². The highest BCUT2D eigenvalue weighted by atomic mass is 16.5. The second-order valence-corrected chi connectivity index (χ2v) is 4.71. The predicted molar refractivity (Wildman–Crippen MR) is 84.9 cm³/mol. The van der Waals surface area contributed by atoms with Crippen molar-refractivity contribution in [2.24, 2.45) is 5.10 Å². The van der Waals surface area contributed by atoms with Crippen LogP contribution in [0.1, 0.15) is 16.7 Å². The molecule has 0 amide bonds. The van der Waals surface area contributed by atoms with Crippen LogP contribution in [0.5, 0.6) is 5.75 Å². The number of nitriles is 1. The maximum Gasteiger partial charge on any atom is 0.141 e. The Morgan fingerprint density at radius 2 is 1.83 bits per heavy atom. The van der Waals surface area contributed by atoms with E-state index in [2.05, 4.69) is 21.4 Å². The number of ether oxygens (including phenoxy) is 1. The van der Waals surface area contributed by atoms with E-state index in [-0.39, 0.29) is 0 Å². The van der Waals surface area contributed by atoms with Crippen molar-refractivity contribution < 1.29 is 4.74 Å². The minimum atomic E-state index is 0.359. The lowest BCUT2D eigenvalue weighted by Crippen LogP contribution is -1.98. The van der Waals surface area contributed by atoms with Gasteiger partial charge in [0, 0.05) is 5.56 Å². The zero-order valence-corrected chi connectivity index (χ0v) is 12.2. The van der Waals surface area contributed by atoms with Crippen LogP contribution in [0.2, 0.25) is 0 Å². The van der Waals surface area contributed by atoms with Crippen LogP contribution in [-0.2, 0) is 6.61 Å². The molecule has 0 bridgehead atoms. The summed E-state index contributed by atoms with van der Waals surface area (Å²) in [6, 6.07) is 17.1. The third kappa shape index (κ3) is 3.80. The predicted octanol–water partition coefficient (Wildman–Crippen LogP) is 2.61. The van der Waals surface area contributed by atoms with Crippen molar-refractivity contribution >= 4 is 6.21 Å². The Balaban J connectivity index is 1.63. The molecule has 0 aliphatic heterocycles. The Bertz CT molecular complexity index is 832. The first-order valence-electron chi connectivity index (χ1n) is 6.95. The largest absolute Gasteiger partial charge is 0.489 e. The van der Waals surface area contributed by atoms with Gasteiger partial charge >= 0.3 is 0 Å². The first kappa shape index (κ1) is 14.5. The zero-order chi connectivity index (χ0) is 15.9. The maximum absolute atomic E-state index is 9.06. The molecule has 3 aromatic rings. The van der Waals surface area contributed by atoms with Crippen molar-refractivity contribution in [2.75, 3.05) is 0 Å². The summed E-state index contributed by atoms with van der Waals surface area (Å²) in [5.41, 5.74) is 2.43. The molecule has 112 valence electrons. The Morgan fingerprint density at radius 3 is 2.57 bits per heavy atom. The highest BCUT2D eigenvalue weighted by molar-refractivity contribution is 5.79. The van der Waals surface area contributed by atoms with E-state index in [1.807, 2.05) is 42.5 Å². The summed E-state index contributed by atoms with van der Waals surface area (Å²) in [4.78, 5) is 0. The molecule has 0 saturated heterocycles. The molecule has 0 spiro atoms.